The molecule has 0 unspecified atom stereocenters. The zero-order valence-electron chi connectivity index (χ0n) is 7.74. The molecule has 61 valence electrons. The minimum atomic E-state index is 0. The molecule has 0 saturated carbocycles. The Bertz CT molecular complexity index is 139. The minimum absolute atomic E-state index is 0. The Hall–Kier alpha value is 1.71. The Morgan fingerprint density at radius 2 is 1.64 bits per heavy atom. The van der Waals surface area contributed by atoms with Gasteiger partial charge in [-0.3, -0.25) is 0 Å². The zero-order chi connectivity index (χ0) is 7.44. The van der Waals surface area contributed by atoms with Gasteiger partial charge >= 0.3 is 58.2 Å². The molecule has 0 aromatic carbocycles. The van der Waals surface area contributed by atoms with Gasteiger partial charge in [0.2, 0.25) is 0 Å². The maximum atomic E-state index is 10.1. The van der Waals surface area contributed by atoms with E-state index in [0.717, 1.165) is 5.57 Å². The SMILES string of the molecule is CC(C)=C(C)[C-](C)[C-]=O.[Rb+].[Rh]. The molecule has 0 amide bonds. The van der Waals surface area contributed by atoms with Gasteiger partial charge in [0.1, 0.15) is 0 Å². The van der Waals surface area contributed by atoms with Crippen LogP contribution in [0.25, 0.3) is 0 Å². The summed E-state index contributed by atoms with van der Waals surface area (Å²) >= 11 is 0. The molecule has 0 aliphatic carbocycles. The van der Waals surface area contributed by atoms with Crippen LogP contribution >= 0.6 is 0 Å². The molecule has 0 N–H and O–H groups in total. The molecule has 0 spiro atoms. The van der Waals surface area contributed by atoms with Crippen molar-refractivity contribution in [2.24, 2.45) is 0 Å². The van der Waals surface area contributed by atoms with E-state index in [4.69, 9.17) is 0 Å². The van der Waals surface area contributed by atoms with Crippen LogP contribution in [0.2, 0.25) is 0 Å². The van der Waals surface area contributed by atoms with Crippen molar-refractivity contribution >= 4 is 6.29 Å². The number of allylic oxidation sites excluding steroid dienone is 2. The fraction of sp³-hybridized carbons (Fsp3) is 0.500. The van der Waals surface area contributed by atoms with Crippen molar-refractivity contribution < 1.29 is 82.5 Å². The quantitative estimate of drug-likeness (QED) is 0.475. The van der Waals surface area contributed by atoms with Crippen molar-refractivity contribution in [1.82, 2.24) is 0 Å². The molecule has 0 heterocycles. The third-order valence-corrected chi connectivity index (χ3v) is 1.47. The molecular formula is C8H12ORbRh-. The van der Waals surface area contributed by atoms with E-state index < -0.39 is 0 Å². The summed E-state index contributed by atoms with van der Waals surface area (Å²) in [6.45, 7) is 7.66. The molecule has 0 bridgehead atoms. The van der Waals surface area contributed by atoms with Crippen molar-refractivity contribution in [1.29, 1.82) is 0 Å². The van der Waals surface area contributed by atoms with E-state index in [9.17, 15) is 4.79 Å². The molecule has 0 aromatic heterocycles. The van der Waals surface area contributed by atoms with E-state index >= 15 is 0 Å². The maximum absolute atomic E-state index is 10.1. The summed E-state index contributed by atoms with van der Waals surface area (Å²) in [5.74, 6) is 0.704. The van der Waals surface area contributed by atoms with Crippen molar-refractivity contribution in [3.63, 3.8) is 0 Å². The molecule has 0 aliphatic rings. The first kappa shape index (κ1) is 18.5. The molecule has 0 atom stereocenters. The Morgan fingerprint density at radius 1 is 1.27 bits per heavy atom. The first-order chi connectivity index (χ1) is 4.09. The topological polar surface area (TPSA) is 17.1 Å². The van der Waals surface area contributed by atoms with Crippen molar-refractivity contribution in [3.8, 4) is 0 Å². The molecule has 1 nitrogen and oxygen atoms in total. The predicted octanol–water partition coefficient (Wildman–Crippen LogP) is -0.952. The van der Waals surface area contributed by atoms with Gasteiger partial charge < -0.3 is 21.9 Å². The monoisotopic (exact) mass is 312 g/mol. The second kappa shape index (κ2) is 9.79. The fourth-order valence-corrected chi connectivity index (χ4v) is 0.452. The van der Waals surface area contributed by atoms with E-state index in [1.165, 1.54) is 5.57 Å². The first-order valence-corrected chi connectivity index (χ1v) is 2.95. The predicted molar refractivity (Wildman–Crippen MR) is 38.7 cm³/mol. The van der Waals surface area contributed by atoms with Crippen LogP contribution in [-0.2, 0) is 24.3 Å². The van der Waals surface area contributed by atoms with Crippen molar-refractivity contribution in [3.05, 3.63) is 17.1 Å². The van der Waals surface area contributed by atoms with E-state index in [1.54, 1.807) is 6.92 Å². The number of carbonyl (C=O) groups excluding carboxylic acids is 1. The third kappa shape index (κ3) is 8.05. The van der Waals surface area contributed by atoms with Gasteiger partial charge in [0.05, 0.1) is 0 Å². The number of hydrogen-bond acceptors (Lipinski definition) is 1. The Balaban J connectivity index is -0.000000320. The van der Waals surface area contributed by atoms with E-state index in [2.05, 4.69) is 0 Å². The molecular weight excluding hydrogens is 300 g/mol. The van der Waals surface area contributed by atoms with Crippen LogP contribution in [-0.4, -0.2) is 6.29 Å². The molecule has 3 heteroatoms. The Kier molecular flexibility index (Phi) is 16.5. The average molecular weight is 313 g/mol. The molecule has 11 heavy (non-hydrogen) atoms. The molecule has 0 aliphatic heterocycles. The van der Waals surface area contributed by atoms with Crippen LogP contribution in [0, 0.1) is 5.92 Å². The Morgan fingerprint density at radius 3 is 1.73 bits per heavy atom. The zero-order valence-corrected chi connectivity index (χ0v) is 14.3. The van der Waals surface area contributed by atoms with Gasteiger partial charge in [-0.15, -0.1) is 34.0 Å². The van der Waals surface area contributed by atoms with Gasteiger partial charge in [0.15, 0.2) is 0 Å². The maximum Gasteiger partial charge on any atom is 1.00 e. The van der Waals surface area contributed by atoms with Crippen LogP contribution in [0.1, 0.15) is 27.7 Å². The van der Waals surface area contributed by atoms with Crippen LogP contribution in [0.15, 0.2) is 11.1 Å². The third-order valence-electron chi connectivity index (χ3n) is 1.47. The smallest absolute Gasteiger partial charge is 0.440 e. The molecule has 0 saturated heterocycles. The summed E-state index contributed by atoms with van der Waals surface area (Å²) in [5.41, 5.74) is 2.22. The van der Waals surface area contributed by atoms with Crippen LogP contribution < -0.4 is 58.2 Å². The largest absolute Gasteiger partial charge is 1.00 e. The van der Waals surface area contributed by atoms with E-state index in [-0.39, 0.29) is 77.7 Å². The number of rotatable bonds is 2. The summed E-state index contributed by atoms with van der Waals surface area (Å²) in [6.07, 6.45) is 1.85. The fourth-order valence-electron chi connectivity index (χ4n) is 0.452. The molecule has 0 aromatic rings. The average Bonchev–Trinajstić information content (AvgIpc) is 1.84. The van der Waals surface area contributed by atoms with Gasteiger partial charge in [-0.05, 0) is 0 Å². The number of hydrogen-bond donors (Lipinski definition) is 0. The van der Waals surface area contributed by atoms with Gasteiger partial charge in [-0.1, -0.05) is 0 Å². The van der Waals surface area contributed by atoms with Gasteiger partial charge in [0.25, 0.3) is 0 Å². The second-order valence-electron chi connectivity index (χ2n) is 2.35. The van der Waals surface area contributed by atoms with Crippen LogP contribution in [0.3, 0.4) is 0 Å². The summed E-state index contributed by atoms with van der Waals surface area (Å²) in [4.78, 5) is 10.1. The summed E-state index contributed by atoms with van der Waals surface area (Å²) in [5, 5.41) is 0. The second-order valence-corrected chi connectivity index (χ2v) is 2.35. The van der Waals surface area contributed by atoms with Gasteiger partial charge in [0, 0.05) is 19.5 Å². The van der Waals surface area contributed by atoms with Crippen LogP contribution in [0.5, 0.6) is 0 Å². The van der Waals surface area contributed by atoms with Gasteiger partial charge in [-0.25, -0.2) is 0 Å². The summed E-state index contributed by atoms with van der Waals surface area (Å²) in [6, 6.07) is 0. The van der Waals surface area contributed by atoms with E-state index in [0.29, 0.717) is 5.92 Å². The summed E-state index contributed by atoms with van der Waals surface area (Å²) in [7, 11) is 0. The molecule has 0 rings (SSSR count). The van der Waals surface area contributed by atoms with Crippen molar-refractivity contribution in [2.45, 2.75) is 27.7 Å². The molecule has 1 radical (unpaired) electrons. The standard InChI is InChI=1S/C8H12O.Rb.Rh/c1-6(2)8(4)7(3)5-9;;/h1-4H3;;/q-2;+1;. The molecule has 0 fully saturated rings. The van der Waals surface area contributed by atoms with E-state index in [1.807, 2.05) is 27.1 Å². The Labute approximate surface area is 131 Å². The van der Waals surface area contributed by atoms with Crippen LogP contribution in [0.4, 0.5) is 0 Å². The first-order valence-electron chi connectivity index (χ1n) is 2.95. The minimum Gasteiger partial charge on any atom is -0.440 e. The summed E-state index contributed by atoms with van der Waals surface area (Å²) < 4.78 is 0. The van der Waals surface area contributed by atoms with Gasteiger partial charge in [-0.2, -0.15) is 0 Å². The van der Waals surface area contributed by atoms with Crippen molar-refractivity contribution in [2.75, 3.05) is 0 Å². The normalized spacial score (nSPS) is 6.91.